The second kappa shape index (κ2) is 15.5. The van der Waals surface area contributed by atoms with Crippen LogP contribution in [-0.4, -0.2) is 81.6 Å². The van der Waals surface area contributed by atoms with Gasteiger partial charge in [0.05, 0.1) is 37.7 Å². The van der Waals surface area contributed by atoms with Crippen molar-refractivity contribution in [3.63, 3.8) is 0 Å². The van der Waals surface area contributed by atoms with Crippen molar-refractivity contribution in [1.82, 2.24) is 38.6 Å². The molecule has 0 saturated carbocycles. The van der Waals surface area contributed by atoms with Crippen LogP contribution in [0.4, 0.5) is 10.6 Å². The Morgan fingerprint density at radius 3 is 2.61 bits per heavy atom. The van der Waals surface area contributed by atoms with Gasteiger partial charge in [0.1, 0.15) is 21.6 Å². The average Bonchev–Trinajstić information content (AvgIpc) is 3.76. The van der Waals surface area contributed by atoms with Crippen molar-refractivity contribution in [3.05, 3.63) is 62.8 Å². The number of anilines is 1. The third kappa shape index (κ3) is 7.61. The Bertz CT molecular complexity index is 2120. The number of ether oxygens (including phenoxy) is 2. The minimum atomic E-state index is -4.48. The molecule has 49 heavy (non-hydrogen) atoms. The molecule has 258 valence electrons. The van der Waals surface area contributed by atoms with Crippen molar-refractivity contribution >= 4 is 39.4 Å². The molecule has 0 fully saturated rings. The summed E-state index contributed by atoms with van der Waals surface area (Å²) in [4.78, 5) is 37.4. The maximum atomic E-state index is 12.5. The number of nitrogens with zero attached hydrogens (tertiary/aromatic N) is 9. The number of fused-ring (bicyclic) bond motifs is 1. The molecule has 3 aromatic heterocycles. The van der Waals surface area contributed by atoms with Crippen molar-refractivity contribution in [3.8, 4) is 30.2 Å². The number of esters is 1. The molecule has 4 heterocycles. The molecule has 4 aromatic rings. The Morgan fingerprint density at radius 2 is 1.96 bits per heavy atom. The van der Waals surface area contributed by atoms with Gasteiger partial charge in [0.25, 0.3) is 10.0 Å². The number of carbonyl (C=O) groups excluding carboxylic acids is 2. The highest BCUT2D eigenvalue weighted by Gasteiger charge is 2.28. The smallest absolute Gasteiger partial charge is 0.360 e. The predicted octanol–water partition coefficient (Wildman–Crippen LogP) is 2.10. The summed E-state index contributed by atoms with van der Waals surface area (Å²) in [6.45, 7) is 3.33. The molecule has 19 heteroatoms. The van der Waals surface area contributed by atoms with Crippen LogP contribution in [-0.2, 0) is 34.8 Å². The molecule has 1 amide bonds. The zero-order chi connectivity index (χ0) is 35.9. The number of hydrogen-bond donors (Lipinski definition) is 1. The minimum absolute atomic E-state index is 0.135. The molecule has 1 aromatic carbocycles. The molecule has 0 aliphatic carbocycles. The largest absolute Gasteiger partial charge is 0.465 e. The number of halogens is 1. The Balaban J connectivity index is 0.000000225. The SMILES string of the molecule is C#CCN(C)c1c(C#N)cnn1-c1nn2c(c1Cl)CCCC2.CCCOc1nn(C(=O)NS(=O)(=O)c2ccccc2C(=O)OC)c(=O)n1C. The number of terminal acetylenes is 1. The fourth-order valence-corrected chi connectivity index (χ4v) is 6.23. The van der Waals surface area contributed by atoms with Crippen molar-refractivity contribution in [1.29, 1.82) is 5.26 Å². The molecule has 0 atom stereocenters. The topological polar surface area (TPSA) is 201 Å². The molecule has 0 bridgehead atoms. The van der Waals surface area contributed by atoms with Crippen LogP contribution in [0.2, 0.25) is 5.02 Å². The first-order valence-electron chi connectivity index (χ1n) is 14.8. The highest BCUT2D eigenvalue weighted by molar-refractivity contribution is 7.90. The number of rotatable bonds is 9. The molecular weight excluding hydrogens is 680 g/mol. The van der Waals surface area contributed by atoms with Gasteiger partial charge in [-0.15, -0.1) is 16.2 Å². The Morgan fingerprint density at radius 1 is 1.22 bits per heavy atom. The molecule has 1 aliphatic heterocycles. The average molecular weight is 713 g/mol. The van der Waals surface area contributed by atoms with Crippen molar-refractivity contribution in [2.45, 2.75) is 44.0 Å². The Hall–Kier alpha value is -5.59. The van der Waals surface area contributed by atoms with E-state index in [1.54, 1.807) is 14.3 Å². The summed E-state index contributed by atoms with van der Waals surface area (Å²) in [5.41, 5.74) is 0.318. The van der Waals surface area contributed by atoms with Crippen LogP contribution in [0.5, 0.6) is 6.01 Å². The van der Waals surface area contributed by atoms with Gasteiger partial charge in [-0.25, -0.2) is 32.1 Å². The molecule has 1 aliphatic rings. The van der Waals surface area contributed by atoms with Gasteiger partial charge in [0.2, 0.25) is 0 Å². The zero-order valence-electron chi connectivity index (χ0n) is 27.1. The lowest BCUT2D eigenvalue weighted by atomic mass is 10.1. The van der Waals surface area contributed by atoms with E-state index in [-0.39, 0.29) is 18.2 Å². The first-order chi connectivity index (χ1) is 23.4. The summed E-state index contributed by atoms with van der Waals surface area (Å²) >= 11 is 6.50. The number of carbonyl (C=O) groups is 2. The lowest BCUT2D eigenvalue weighted by Gasteiger charge is -2.17. The van der Waals surface area contributed by atoms with Gasteiger partial charge in [0.15, 0.2) is 11.6 Å². The van der Waals surface area contributed by atoms with Gasteiger partial charge in [-0.2, -0.15) is 20.1 Å². The van der Waals surface area contributed by atoms with E-state index in [1.807, 2.05) is 18.7 Å². The number of benzene rings is 1. The summed E-state index contributed by atoms with van der Waals surface area (Å²) in [7, 11) is -0.246. The standard InChI is InChI=1S/C15H15ClN6.C15H18N4O7S/c1-3-7-20(2)15-11(9-17)10-18-22(15)14-13(16)12-6-4-5-8-21(12)19-14;1-4-9-26-14-16-19(15(22)18(14)2)13(21)17-27(23,24)11-8-6-5-7-10(11)12(20)25-3/h1,10H,4-8H2,2H3;5-8H,4,9H2,1-3H3,(H,17,21). The maximum absolute atomic E-state index is 12.5. The van der Waals surface area contributed by atoms with Crippen LogP contribution in [0.1, 0.15) is 47.8 Å². The summed E-state index contributed by atoms with van der Waals surface area (Å²) in [6.07, 6.45) is 10.6. The fraction of sp³-hybridized carbons (Fsp3) is 0.367. The molecule has 0 spiro atoms. The van der Waals surface area contributed by atoms with E-state index in [0.717, 1.165) is 49.2 Å². The second-order valence-electron chi connectivity index (χ2n) is 10.5. The van der Waals surface area contributed by atoms with Gasteiger partial charge in [0, 0.05) is 20.6 Å². The van der Waals surface area contributed by atoms with Gasteiger partial charge >= 0.3 is 23.7 Å². The minimum Gasteiger partial charge on any atom is -0.465 e. The van der Waals surface area contributed by atoms with Crippen molar-refractivity contribution in [2.24, 2.45) is 7.05 Å². The summed E-state index contributed by atoms with van der Waals surface area (Å²) < 4.78 is 41.3. The quantitative estimate of drug-likeness (QED) is 0.196. The molecule has 0 saturated heterocycles. The van der Waals surface area contributed by atoms with E-state index in [2.05, 4.69) is 32.0 Å². The second-order valence-corrected chi connectivity index (χ2v) is 12.5. The van der Waals surface area contributed by atoms with E-state index in [4.69, 9.17) is 22.8 Å². The van der Waals surface area contributed by atoms with E-state index < -0.39 is 32.6 Å². The van der Waals surface area contributed by atoms with E-state index in [1.165, 1.54) is 31.4 Å². The van der Waals surface area contributed by atoms with Crippen LogP contribution < -0.4 is 20.0 Å². The predicted molar refractivity (Wildman–Crippen MR) is 176 cm³/mol. The monoisotopic (exact) mass is 712 g/mol. The summed E-state index contributed by atoms with van der Waals surface area (Å²) in [5, 5.41) is 22.4. The summed E-state index contributed by atoms with van der Waals surface area (Å²) in [6, 6.07) is 5.85. The van der Waals surface area contributed by atoms with E-state index in [9.17, 15) is 28.1 Å². The molecular formula is C30H33ClN10O7S. The van der Waals surface area contributed by atoms with Crippen molar-refractivity contribution < 1.29 is 27.5 Å². The van der Waals surface area contributed by atoms with Gasteiger partial charge in [-0.1, -0.05) is 36.6 Å². The number of amides is 1. The molecule has 0 radical (unpaired) electrons. The molecule has 0 unspecified atom stereocenters. The number of methoxy groups -OCH3 is 1. The number of aromatic nitrogens is 7. The van der Waals surface area contributed by atoms with Gasteiger partial charge < -0.3 is 14.4 Å². The number of sulfonamides is 1. The Labute approximate surface area is 286 Å². The highest BCUT2D eigenvalue weighted by atomic mass is 35.5. The van der Waals surface area contributed by atoms with Crippen LogP contribution >= 0.6 is 11.6 Å². The van der Waals surface area contributed by atoms with E-state index in [0.29, 0.717) is 39.9 Å². The molecule has 17 nitrogen and oxygen atoms in total. The first-order valence-corrected chi connectivity index (χ1v) is 16.7. The third-order valence-electron chi connectivity index (χ3n) is 7.14. The van der Waals surface area contributed by atoms with Crippen LogP contribution in [0.3, 0.4) is 0 Å². The number of hydrogen-bond acceptors (Lipinski definition) is 12. The number of nitriles is 1. The van der Waals surface area contributed by atoms with Crippen LogP contribution in [0.25, 0.3) is 5.82 Å². The Kier molecular flexibility index (Phi) is 11.5. The molecule has 1 N–H and O–H groups in total. The van der Waals surface area contributed by atoms with Crippen molar-refractivity contribution in [2.75, 3.05) is 32.2 Å². The van der Waals surface area contributed by atoms with Crippen LogP contribution in [0, 0.1) is 23.7 Å². The maximum Gasteiger partial charge on any atom is 0.360 e. The summed E-state index contributed by atoms with van der Waals surface area (Å²) in [5.74, 6) is 2.83. The van der Waals surface area contributed by atoms with Gasteiger partial charge in [-0.05, 0) is 37.8 Å². The lowest BCUT2D eigenvalue weighted by Crippen LogP contribution is -2.40. The number of aryl methyl sites for hydroxylation is 1. The normalized spacial score (nSPS) is 12.1. The zero-order valence-corrected chi connectivity index (χ0v) is 28.7. The van der Waals surface area contributed by atoms with E-state index >= 15 is 0 Å². The number of nitrogens with one attached hydrogen (secondary N) is 1. The first kappa shape index (κ1) is 36.2. The lowest BCUT2D eigenvalue weighted by molar-refractivity contribution is 0.0596. The molecule has 5 rings (SSSR count). The van der Waals surface area contributed by atoms with Crippen LogP contribution in [0.15, 0.2) is 40.2 Å². The fourth-order valence-electron chi connectivity index (χ4n) is 4.79. The highest BCUT2D eigenvalue weighted by Crippen LogP contribution is 2.31. The van der Waals surface area contributed by atoms with Gasteiger partial charge in [-0.3, -0.25) is 4.68 Å². The third-order valence-corrected chi connectivity index (χ3v) is 8.90.